The molecule has 0 atom stereocenters. The molecule has 4 rings (SSSR count). The maximum absolute atomic E-state index is 12.6. The molecule has 0 spiro atoms. The number of hydrogen-bond donors (Lipinski definition) is 2. The van der Waals surface area contributed by atoms with E-state index in [4.69, 9.17) is 12.2 Å². The monoisotopic (exact) mass is 417 g/mol. The molecule has 3 aromatic rings. The summed E-state index contributed by atoms with van der Waals surface area (Å²) in [5, 5.41) is 11.0. The van der Waals surface area contributed by atoms with E-state index in [0.717, 1.165) is 47.8 Å². The molecule has 148 valence electrons. The lowest BCUT2D eigenvalue weighted by Crippen LogP contribution is -2.41. The lowest BCUT2D eigenvalue weighted by molar-refractivity contribution is -0.125. The minimum atomic E-state index is 0.00565. The predicted octanol–water partition coefficient (Wildman–Crippen LogP) is 2.63. The number of nitrogens with zero attached hydrogens (tertiary/aromatic N) is 5. The molecule has 1 amide bonds. The topological polar surface area (TPSA) is 91.7 Å². The van der Waals surface area contributed by atoms with Gasteiger partial charge in [-0.2, -0.15) is 5.10 Å². The molecule has 1 aliphatic rings. The average Bonchev–Trinajstić information content (AvgIpc) is 3.18. The molecule has 0 unspecified atom stereocenters. The van der Waals surface area contributed by atoms with Gasteiger partial charge < -0.3 is 14.8 Å². The van der Waals surface area contributed by atoms with Crippen molar-refractivity contribution in [3.63, 3.8) is 0 Å². The van der Waals surface area contributed by atoms with E-state index in [-0.39, 0.29) is 11.8 Å². The van der Waals surface area contributed by atoms with Crippen molar-refractivity contribution >= 4 is 45.5 Å². The fourth-order valence-electron chi connectivity index (χ4n) is 3.61. The second kappa shape index (κ2) is 7.59. The molecule has 8 nitrogen and oxygen atoms in total. The molecule has 0 saturated carbocycles. The largest absolute Gasteiger partial charge is 0.356 e. The van der Waals surface area contributed by atoms with Crippen molar-refractivity contribution in [1.29, 1.82) is 0 Å². The van der Waals surface area contributed by atoms with E-state index in [1.165, 1.54) is 10.4 Å². The molecule has 0 aliphatic carbocycles. The highest BCUT2D eigenvalue weighted by Gasteiger charge is 2.27. The number of amides is 1. The zero-order chi connectivity index (χ0) is 19.8. The van der Waals surface area contributed by atoms with Gasteiger partial charge in [0.25, 0.3) is 0 Å². The summed E-state index contributed by atoms with van der Waals surface area (Å²) in [6, 6.07) is 0. The SMILES string of the molecule is Cc1sc2ncnc(N3CCC(C(=O)NCc4n[nH]c(=S)n4C)CC3)c2c1C. The zero-order valence-corrected chi connectivity index (χ0v) is 17.8. The van der Waals surface area contributed by atoms with E-state index >= 15 is 0 Å². The number of aromatic nitrogens is 5. The van der Waals surface area contributed by atoms with Crippen molar-refractivity contribution in [2.45, 2.75) is 33.2 Å². The summed E-state index contributed by atoms with van der Waals surface area (Å²) >= 11 is 6.81. The molecule has 1 aliphatic heterocycles. The van der Waals surface area contributed by atoms with E-state index in [1.807, 2.05) is 7.05 Å². The van der Waals surface area contributed by atoms with E-state index in [1.54, 1.807) is 22.2 Å². The Morgan fingerprint density at radius 3 is 2.79 bits per heavy atom. The molecule has 0 aromatic carbocycles. The summed E-state index contributed by atoms with van der Waals surface area (Å²) < 4.78 is 2.32. The highest BCUT2D eigenvalue weighted by atomic mass is 32.1. The predicted molar refractivity (Wildman–Crippen MR) is 112 cm³/mol. The van der Waals surface area contributed by atoms with Gasteiger partial charge >= 0.3 is 0 Å². The lowest BCUT2D eigenvalue weighted by atomic mass is 9.95. The Labute approximate surface area is 172 Å². The van der Waals surface area contributed by atoms with Gasteiger partial charge in [0.15, 0.2) is 10.6 Å². The van der Waals surface area contributed by atoms with Gasteiger partial charge in [-0.15, -0.1) is 11.3 Å². The Morgan fingerprint density at radius 2 is 2.11 bits per heavy atom. The number of piperidine rings is 1. The molecule has 0 radical (unpaired) electrons. The average molecular weight is 418 g/mol. The molecule has 4 heterocycles. The van der Waals surface area contributed by atoms with Crippen molar-refractivity contribution < 1.29 is 4.79 Å². The van der Waals surface area contributed by atoms with Crippen LogP contribution in [0.15, 0.2) is 6.33 Å². The Morgan fingerprint density at radius 1 is 1.36 bits per heavy atom. The highest BCUT2D eigenvalue weighted by molar-refractivity contribution is 7.71. The first kappa shape index (κ1) is 19.0. The fourth-order valence-corrected chi connectivity index (χ4v) is 4.75. The number of H-pyrrole nitrogens is 1. The number of carbonyl (C=O) groups is 1. The van der Waals surface area contributed by atoms with Crippen LogP contribution in [0.2, 0.25) is 0 Å². The number of anilines is 1. The lowest BCUT2D eigenvalue weighted by Gasteiger charge is -2.32. The van der Waals surface area contributed by atoms with Gasteiger partial charge in [0.2, 0.25) is 5.91 Å². The van der Waals surface area contributed by atoms with Crippen LogP contribution >= 0.6 is 23.6 Å². The zero-order valence-electron chi connectivity index (χ0n) is 16.2. The number of aromatic amines is 1. The third-order valence-corrected chi connectivity index (χ3v) is 6.98. The maximum Gasteiger partial charge on any atom is 0.223 e. The van der Waals surface area contributed by atoms with Crippen molar-refractivity contribution in [2.24, 2.45) is 13.0 Å². The Bertz CT molecular complexity index is 1080. The van der Waals surface area contributed by atoms with Gasteiger partial charge in [-0.25, -0.2) is 9.97 Å². The van der Waals surface area contributed by atoms with E-state index < -0.39 is 0 Å². The molecule has 3 aromatic heterocycles. The number of rotatable bonds is 4. The normalized spacial score (nSPS) is 15.3. The Hall–Kier alpha value is -2.33. The minimum absolute atomic E-state index is 0.00565. The van der Waals surface area contributed by atoms with Gasteiger partial charge in [-0.05, 0) is 44.5 Å². The first-order chi connectivity index (χ1) is 13.5. The smallest absolute Gasteiger partial charge is 0.223 e. The third-order valence-electron chi connectivity index (χ3n) is 5.50. The van der Waals surface area contributed by atoms with Gasteiger partial charge in [-0.3, -0.25) is 9.89 Å². The molecule has 28 heavy (non-hydrogen) atoms. The molecule has 2 N–H and O–H groups in total. The highest BCUT2D eigenvalue weighted by Crippen LogP contribution is 2.35. The van der Waals surface area contributed by atoms with Gasteiger partial charge in [0.05, 0.1) is 11.9 Å². The summed E-state index contributed by atoms with van der Waals surface area (Å²) in [7, 11) is 1.84. The number of fused-ring (bicyclic) bond motifs is 1. The van der Waals surface area contributed by atoms with Gasteiger partial charge in [-0.1, -0.05) is 0 Å². The van der Waals surface area contributed by atoms with Crippen LogP contribution in [0.25, 0.3) is 10.2 Å². The van der Waals surface area contributed by atoms with Crippen LogP contribution in [-0.2, 0) is 18.4 Å². The van der Waals surface area contributed by atoms with Crippen LogP contribution in [0, 0.1) is 24.5 Å². The Balaban J connectivity index is 1.40. The molecule has 1 saturated heterocycles. The summed E-state index contributed by atoms with van der Waals surface area (Å²) in [4.78, 5) is 26.2. The molecular formula is C18H23N7OS2. The minimum Gasteiger partial charge on any atom is -0.356 e. The second-order valence-corrected chi connectivity index (χ2v) is 8.73. The van der Waals surface area contributed by atoms with Crippen LogP contribution in [-0.4, -0.2) is 43.7 Å². The maximum atomic E-state index is 12.6. The summed E-state index contributed by atoms with van der Waals surface area (Å²) in [5.74, 6) is 1.80. The van der Waals surface area contributed by atoms with Crippen molar-refractivity contribution in [3.8, 4) is 0 Å². The van der Waals surface area contributed by atoms with Gasteiger partial charge in [0.1, 0.15) is 17.0 Å². The Kier molecular flexibility index (Phi) is 5.15. The first-order valence-electron chi connectivity index (χ1n) is 9.29. The molecule has 10 heteroatoms. The number of nitrogens with one attached hydrogen (secondary N) is 2. The number of hydrogen-bond acceptors (Lipinski definition) is 7. The van der Waals surface area contributed by atoms with Crippen LogP contribution < -0.4 is 10.2 Å². The summed E-state index contributed by atoms with van der Waals surface area (Å²) in [5.41, 5.74) is 1.25. The van der Waals surface area contributed by atoms with Crippen LogP contribution in [0.3, 0.4) is 0 Å². The van der Waals surface area contributed by atoms with Crippen molar-refractivity contribution in [1.82, 2.24) is 30.0 Å². The molecular weight excluding hydrogens is 394 g/mol. The van der Waals surface area contributed by atoms with E-state index in [0.29, 0.717) is 11.3 Å². The van der Waals surface area contributed by atoms with E-state index in [2.05, 4.69) is 44.2 Å². The van der Waals surface area contributed by atoms with Crippen LogP contribution in [0.1, 0.15) is 29.1 Å². The van der Waals surface area contributed by atoms with Crippen LogP contribution in [0.4, 0.5) is 5.82 Å². The standard InChI is InChI=1S/C18H23N7OS2/c1-10-11(2)28-17-14(10)15(20-9-21-17)25-6-4-12(5-7-25)16(26)19-8-13-22-23-18(27)24(13)3/h9,12H,4-8H2,1-3H3,(H,19,26)(H,23,27). The number of aryl methyl sites for hydroxylation is 2. The number of carbonyl (C=O) groups excluding carboxylic acids is 1. The first-order valence-corrected chi connectivity index (χ1v) is 10.5. The summed E-state index contributed by atoms with van der Waals surface area (Å²) in [6.07, 6.45) is 3.25. The second-order valence-electron chi connectivity index (χ2n) is 7.14. The number of thiophene rings is 1. The van der Waals surface area contributed by atoms with Crippen LogP contribution in [0.5, 0.6) is 0 Å². The fraction of sp³-hybridized carbons (Fsp3) is 0.500. The van der Waals surface area contributed by atoms with Gasteiger partial charge in [0, 0.05) is 30.9 Å². The van der Waals surface area contributed by atoms with Crippen molar-refractivity contribution in [3.05, 3.63) is 27.4 Å². The molecule has 1 fully saturated rings. The quantitative estimate of drug-likeness (QED) is 0.634. The van der Waals surface area contributed by atoms with E-state index in [9.17, 15) is 4.79 Å². The summed E-state index contributed by atoms with van der Waals surface area (Å²) in [6.45, 7) is 6.25. The third kappa shape index (κ3) is 3.42. The molecule has 0 bridgehead atoms. The van der Waals surface area contributed by atoms with Crippen molar-refractivity contribution in [2.75, 3.05) is 18.0 Å².